The number of amides is 3. The Hall–Kier alpha value is -2.65. The summed E-state index contributed by atoms with van der Waals surface area (Å²) < 4.78 is 40.1. The molecule has 1 aliphatic carbocycles. The van der Waals surface area contributed by atoms with E-state index in [4.69, 9.17) is 0 Å². The highest BCUT2D eigenvalue weighted by atomic mass is 19.4. The predicted molar refractivity (Wildman–Crippen MR) is 92.0 cm³/mol. The van der Waals surface area contributed by atoms with Crippen LogP contribution in [0.3, 0.4) is 0 Å². The zero-order valence-electron chi connectivity index (χ0n) is 15.7. The van der Waals surface area contributed by atoms with E-state index in [1.165, 1.54) is 6.07 Å². The lowest BCUT2D eigenvalue weighted by Gasteiger charge is -2.48. The highest BCUT2D eigenvalue weighted by Gasteiger charge is 2.60. The van der Waals surface area contributed by atoms with Crippen LogP contribution in [0.25, 0.3) is 5.65 Å². The van der Waals surface area contributed by atoms with Gasteiger partial charge in [0.25, 0.3) is 5.91 Å². The summed E-state index contributed by atoms with van der Waals surface area (Å²) in [5.74, 6) is 0.0371. The van der Waals surface area contributed by atoms with Gasteiger partial charge < -0.3 is 5.32 Å². The smallest absolute Gasteiger partial charge is 0.323 e. The van der Waals surface area contributed by atoms with E-state index < -0.39 is 23.3 Å². The van der Waals surface area contributed by atoms with E-state index in [9.17, 15) is 22.8 Å². The number of carbonyl (C=O) groups is 2. The van der Waals surface area contributed by atoms with Gasteiger partial charge in [-0.3, -0.25) is 14.1 Å². The summed E-state index contributed by atoms with van der Waals surface area (Å²) in [5.41, 5.74) is -1.53. The quantitative estimate of drug-likeness (QED) is 0.793. The molecule has 4 rings (SSSR count). The molecule has 1 spiro atoms. The fourth-order valence-corrected chi connectivity index (χ4v) is 3.85. The van der Waals surface area contributed by atoms with E-state index in [-0.39, 0.29) is 29.3 Å². The minimum atomic E-state index is -4.52. The molecule has 1 saturated heterocycles. The number of pyridine rings is 1. The van der Waals surface area contributed by atoms with E-state index in [2.05, 4.69) is 36.3 Å². The van der Waals surface area contributed by atoms with Crippen molar-refractivity contribution in [2.75, 3.05) is 0 Å². The molecule has 10 heteroatoms. The van der Waals surface area contributed by atoms with Crippen LogP contribution in [0.15, 0.2) is 18.3 Å². The lowest BCUT2D eigenvalue weighted by Crippen LogP contribution is -2.59. The van der Waals surface area contributed by atoms with Crippen molar-refractivity contribution < 1.29 is 22.8 Å². The third kappa shape index (κ3) is 2.82. The Bertz CT molecular complexity index is 970. The van der Waals surface area contributed by atoms with Crippen LogP contribution in [0, 0.1) is 11.3 Å². The molecule has 28 heavy (non-hydrogen) atoms. The number of hydrogen-bond acceptors (Lipinski definition) is 4. The molecule has 7 nitrogen and oxygen atoms in total. The molecule has 2 fully saturated rings. The summed E-state index contributed by atoms with van der Waals surface area (Å²) in [6, 6.07) is 1.56. The van der Waals surface area contributed by atoms with E-state index >= 15 is 0 Å². The van der Waals surface area contributed by atoms with E-state index in [0.29, 0.717) is 18.8 Å². The first-order valence-corrected chi connectivity index (χ1v) is 8.96. The maximum Gasteiger partial charge on any atom is 0.417 e. The fraction of sp³-hybridized carbons (Fsp3) is 0.556. The van der Waals surface area contributed by atoms with Gasteiger partial charge in [-0.25, -0.2) is 4.79 Å². The Morgan fingerprint density at radius 3 is 2.46 bits per heavy atom. The summed E-state index contributed by atoms with van der Waals surface area (Å²) in [4.78, 5) is 26.3. The van der Waals surface area contributed by atoms with Crippen molar-refractivity contribution in [1.82, 2.24) is 24.8 Å². The normalized spacial score (nSPS) is 25.5. The number of fused-ring (bicyclic) bond motifs is 1. The lowest BCUT2D eigenvalue weighted by molar-refractivity contribution is -0.139. The zero-order valence-corrected chi connectivity index (χ0v) is 15.7. The van der Waals surface area contributed by atoms with Crippen LogP contribution in [0.4, 0.5) is 18.0 Å². The van der Waals surface area contributed by atoms with Gasteiger partial charge in [-0.1, -0.05) is 20.8 Å². The first-order chi connectivity index (χ1) is 12.9. The Kier molecular flexibility index (Phi) is 3.79. The van der Waals surface area contributed by atoms with Crippen LogP contribution in [0.1, 0.15) is 45.0 Å². The van der Waals surface area contributed by atoms with Crippen molar-refractivity contribution in [3.63, 3.8) is 0 Å². The zero-order chi connectivity index (χ0) is 20.5. The molecule has 0 radical (unpaired) electrons. The van der Waals surface area contributed by atoms with Gasteiger partial charge in [0, 0.05) is 6.20 Å². The summed E-state index contributed by atoms with van der Waals surface area (Å²) in [7, 11) is 0. The van der Waals surface area contributed by atoms with Crippen molar-refractivity contribution in [3.05, 3.63) is 29.7 Å². The molecule has 0 atom stereocenters. The number of imide groups is 1. The number of carbonyl (C=O) groups excluding carboxylic acids is 2. The van der Waals surface area contributed by atoms with Gasteiger partial charge in [0.05, 0.1) is 12.1 Å². The fourth-order valence-electron chi connectivity index (χ4n) is 3.85. The van der Waals surface area contributed by atoms with E-state index in [0.717, 1.165) is 21.6 Å². The van der Waals surface area contributed by atoms with Crippen LogP contribution in [-0.4, -0.2) is 37.0 Å². The number of rotatable bonds is 2. The topological polar surface area (TPSA) is 79.6 Å². The second-order valence-corrected chi connectivity index (χ2v) is 8.63. The summed E-state index contributed by atoms with van der Waals surface area (Å²) in [6.45, 7) is 6.02. The highest BCUT2D eigenvalue weighted by molar-refractivity contribution is 6.07. The molecule has 150 valence electrons. The number of alkyl halides is 3. The SMILES string of the molecule is CC(C)(C)C1CC2(C1)NC(=O)N(Cc1nnc3ccc(C(F)(F)F)cn13)C2=O. The average molecular weight is 395 g/mol. The third-order valence-electron chi connectivity index (χ3n) is 5.76. The van der Waals surface area contributed by atoms with E-state index in [1.54, 1.807) is 0 Å². The molecule has 2 aromatic rings. The molecule has 0 unspecified atom stereocenters. The van der Waals surface area contributed by atoms with Gasteiger partial charge in [0.15, 0.2) is 11.5 Å². The first kappa shape index (κ1) is 18.7. The number of urea groups is 1. The summed E-state index contributed by atoms with van der Waals surface area (Å²) >= 11 is 0. The second kappa shape index (κ2) is 5.68. The molecule has 3 heterocycles. The van der Waals surface area contributed by atoms with Crippen LogP contribution >= 0.6 is 0 Å². The van der Waals surface area contributed by atoms with Crippen molar-refractivity contribution in [1.29, 1.82) is 0 Å². The number of nitrogens with zero attached hydrogens (tertiary/aromatic N) is 4. The van der Waals surface area contributed by atoms with Crippen LogP contribution in [0.2, 0.25) is 0 Å². The average Bonchev–Trinajstić information content (AvgIpc) is 3.05. The Morgan fingerprint density at radius 1 is 1.18 bits per heavy atom. The number of aromatic nitrogens is 3. The second-order valence-electron chi connectivity index (χ2n) is 8.63. The molecule has 3 amide bonds. The van der Waals surface area contributed by atoms with Gasteiger partial charge in [-0.2, -0.15) is 13.2 Å². The molecular formula is C18H20F3N5O2. The molecule has 2 aliphatic rings. The lowest BCUT2D eigenvalue weighted by atomic mass is 9.59. The standard InChI is InChI=1S/C18H20F3N5O2/c1-16(2,3)11-6-17(7-11)14(27)26(15(28)22-17)9-13-24-23-12-5-4-10(8-25(12)13)18(19,20)21/h4-5,8,11H,6-7,9H2,1-3H3,(H,22,28). The maximum atomic E-state index is 13.0. The monoisotopic (exact) mass is 395 g/mol. The van der Waals surface area contributed by atoms with Gasteiger partial charge >= 0.3 is 12.2 Å². The van der Waals surface area contributed by atoms with Gasteiger partial charge in [-0.05, 0) is 36.3 Å². The molecule has 0 aromatic carbocycles. The van der Waals surface area contributed by atoms with Crippen molar-refractivity contribution in [2.45, 2.75) is 51.9 Å². The van der Waals surface area contributed by atoms with Crippen molar-refractivity contribution in [2.24, 2.45) is 11.3 Å². The van der Waals surface area contributed by atoms with E-state index in [1.807, 2.05) is 0 Å². The van der Waals surface area contributed by atoms with Crippen LogP contribution in [-0.2, 0) is 17.5 Å². The summed E-state index contributed by atoms with van der Waals surface area (Å²) in [5, 5.41) is 10.5. The Morgan fingerprint density at radius 2 is 1.86 bits per heavy atom. The molecule has 0 bridgehead atoms. The minimum Gasteiger partial charge on any atom is -0.323 e. The van der Waals surface area contributed by atoms with Gasteiger partial charge in [0.2, 0.25) is 0 Å². The molecular weight excluding hydrogens is 375 g/mol. The maximum absolute atomic E-state index is 13.0. The number of nitrogens with one attached hydrogen (secondary N) is 1. The Balaban J connectivity index is 1.58. The first-order valence-electron chi connectivity index (χ1n) is 8.96. The van der Waals surface area contributed by atoms with Crippen molar-refractivity contribution >= 4 is 17.6 Å². The van der Waals surface area contributed by atoms with Crippen molar-refractivity contribution in [3.8, 4) is 0 Å². The summed E-state index contributed by atoms with van der Waals surface area (Å²) in [6.07, 6.45) is -2.54. The predicted octanol–water partition coefficient (Wildman–Crippen LogP) is 2.99. The van der Waals surface area contributed by atoms with Crippen LogP contribution < -0.4 is 5.32 Å². The largest absolute Gasteiger partial charge is 0.417 e. The van der Waals surface area contributed by atoms with Gasteiger partial charge in [-0.15, -0.1) is 10.2 Å². The molecule has 1 N–H and O–H groups in total. The highest BCUT2D eigenvalue weighted by Crippen LogP contribution is 2.50. The number of hydrogen-bond donors (Lipinski definition) is 1. The molecule has 1 saturated carbocycles. The number of halogens is 3. The van der Waals surface area contributed by atoms with Crippen LogP contribution in [0.5, 0.6) is 0 Å². The molecule has 1 aliphatic heterocycles. The minimum absolute atomic E-state index is 0.0287. The Labute approximate surface area is 158 Å². The van der Waals surface area contributed by atoms with Gasteiger partial charge in [0.1, 0.15) is 5.54 Å². The third-order valence-corrected chi connectivity index (χ3v) is 5.76. The molecule has 2 aromatic heterocycles.